The Kier molecular flexibility index (Phi) is 4.58. The summed E-state index contributed by atoms with van der Waals surface area (Å²) in [7, 11) is 0. The lowest BCUT2D eigenvalue weighted by Crippen LogP contribution is -2.12. The van der Waals surface area contributed by atoms with E-state index < -0.39 is 0 Å². The van der Waals surface area contributed by atoms with Crippen LogP contribution in [-0.2, 0) is 11.2 Å². The quantitative estimate of drug-likeness (QED) is 0.846. The van der Waals surface area contributed by atoms with Crippen molar-refractivity contribution in [3.8, 4) is 0 Å². The van der Waals surface area contributed by atoms with Crippen molar-refractivity contribution in [3.63, 3.8) is 0 Å². The minimum absolute atomic E-state index is 0.000486. The number of aryl methyl sites for hydroxylation is 1. The number of carbonyl (C=O) groups excluding carboxylic acids is 1. The highest BCUT2D eigenvalue weighted by Gasteiger charge is 2.04. The van der Waals surface area contributed by atoms with Gasteiger partial charge in [0.2, 0.25) is 5.91 Å². The van der Waals surface area contributed by atoms with Gasteiger partial charge in [0.1, 0.15) is 0 Å². The van der Waals surface area contributed by atoms with Gasteiger partial charge in [-0.05, 0) is 46.1 Å². The Balaban J connectivity index is 1.89. The van der Waals surface area contributed by atoms with E-state index in [0.717, 1.165) is 22.1 Å². The number of benzene rings is 2. The van der Waals surface area contributed by atoms with Gasteiger partial charge < -0.3 is 11.1 Å². The second-order valence-corrected chi connectivity index (χ2v) is 5.12. The maximum atomic E-state index is 11.8. The van der Waals surface area contributed by atoms with Crippen LogP contribution in [0.4, 0.5) is 11.4 Å². The summed E-state index contributed by atoms with van der Waals surface area (Å²) in [5, 5.41) is 2.86. The molecule has 0 bridgehead atoms. The van der Waals surface area contributed by atoms with E-state index in [1.165, 1.54) is 0 Å². The van der Waals surface area contributed by atoms with Crippen LogP contribution >= 0.6 is 15.9 Å². The summed E-state index contributed by atoms with van der Waals surface area (Å²) in [6.45, 7) is 0. The number of halogens is 1. The van der Waals surface area contributed by atoms with Crippen LogP contribution in [0.3, 0.4) is 0 Å². The number of nitrogens with two attached hydrogens (primary N) is 1. The molecule has 3 N–H and O–H groups in total. The summed E-state index contributed by atoms with van der Waals surface area (Å²) in [5.41, 5.74) is 8.26. The fraction of sp³-hybridized carbons (Fsp3) is 0.133. The molecule has 0 atom stereocenters. The van der Waals surface area contributed by atoms with Crippen LogP contribution in [0.5, 0.6) is 0 Å². The maximum Gasteiger partial charge on any atom is 0.224 e. The molecule has 1 amide bonds. The van der Waals surface area contributed by atoms with E-state index in [1.54, 1.807) is 18.2 Å². The summed E-state index contributed by atoms with van der Waals surface area (Å²) in [4.78, 5) is 11.8. The first-order chi connectivity index (χ1) is 9.15. The Morgan fingerprint density at radius 1 is 1.16 bits per heavy atom. The van der Waals surface area contributed by atoms with Crippen LogP contribution < -0.4 is 11.1 Å². The molecule has 0 saturated heterocycles. The van der Waals surface area contributed by atoms with Crippen LogP contribution in [0.1, 0.15) is 12.0 Å². The van der Waals surface area contributed by atoms with Gasteiger partial charge in [-0.1, -0.05) is 30.3 Å². The smallest absolute Gasteiger partial charge is 0.224 e. The molecule has 0 saturated carbocycles. The first-order valence-corrected chi connectivity index (χ1v) is 6.83. The Bertz CT molecular complexity index is 570. The van der Waals surface area contributed by atoms with E-state index in [1.807, 2.05) is 30.3 Å². The van der Waals surface area contributed by atoms with E-state index >= 15 is 0 Å². The second-order valence-electron chi connectivity index (χ2n) is 4.27. The summed E-state index contributed by atoms with van der Waals surface area (Å²) in [5.74, 6) is 0.000486. The minimum atomic E-state index is 0.000486. The molecule has 0 fully saturated rings. The van der Waals surface area contributed by atoms with Gasteiger partial charge in [0.25, 0.3) is 0 Å². The molecular formula is C15H15BrN2O. The van der Waals surface area contributed by atoms with Gasteiger partial charge in [0.05, 0.1) is 0 Å². The maximum absolute atomic E-state index is 11.8. The van der Waals surface area contributed by atoms with Crippen LogP contribution in [-0.4, -0.2) is 5.91 Å². The summed E-state index contributed by atoms with van der Waals surface area (Å²) in [6.07, 6.45) is 1.20. The normalized spacial score (nSPS) is 10.2. The number of carbonyl (C=O) groups is 1. The molecule has 0 aromatic heterocycles. The summed E-state index contributed by atoms with van der Waals surface area (Å²) >= 11 is 3.34. The number of hydrogen-bond acceptors (Lipinski definition) is 2. The van der Waals surface area contributed by atoms with Crippen molar-refractivity contribution in [2.75, 3.05) is 11.1 Å². The zero-order valence-corrected chi connectivity index (χ0v) is 12.0. The van der Waals surface area contributed by atoms with Crippen molar-refractivity contribution in [2.45, 2.75) is 12.8 Å². The predicted octanol–water partition coefficient (Wildman–Crippen LogP) is 3.60. The molecule has 0 radical (unpaired) electrons. The van der Waals surface area contributed by atoms with E-state index in [-0.39, 0.29) is 5.91 Å². The van der Waals surface area contributed by atoms with Gasteiger partial charge in [-0.25, -0.2) is 0 Å². The van der Waals surface area contributed by atoms with Gasteiger partial charge in [0.15, 0.2) is 0 Å². The molecule has 2 rings (SSSR count). The zero-order valence-electron chi connectivity index (χ0n) is 10.4. The summed E-state index contributed by atoms with van der Waals surface area (Å²) in [6, 6.07) is 15.3. The molecule has 2 aromatic rings. The van der Waals surface area contributed by atoms with Crippen LogP contribution in [0.15, 0.2) is 53.0 Å². The standard InChI is InChI=1S/C15H15BrN2O/c16-13-10-12(7-8-14(13)17)18-15(19)9-6-11-4-2-1-3-5-11/h1-5,7-8,10H,6,9,17H2,(H,18,19). The highest BCUT2D eigenvalue weighted by atomic mass is 79.9. The predicted molar refractivity (Wildman–Crippen MR) is 81.9 cm³/mol. The Hall–Kier alpha value is -1.81. The fourth-order valence-electron chi connectivity index (χ4n) is 1.73. The fourth-order valence-corrected chi connectivity index (χ4v) is 2.11. The molecule has 0 heterocycles. The number of anilines is 2. The lowest BCUT2D eigenvalue weighted by molar-refractivity contribution is -0.116. The monoisotopic (exact) mass is 318 g/mol. The number of amides is 1. The number of nitrogens with one attached hydrogen (secondary N) is 1. The molecule has 0 aliphatic carbocycles. The van der Waals surface area contributed by atoms with Crippen molar-refractivity contribution >= 4 is 33.2 Å². The molecular weight excluding hydrogens is 304 g/mol. The van der Waals surface area contributed by atoms with Gasteiger partial charge in [0, 0.05) is 22.3 Å². The zero-order chi connectivity index (χ0) is 13.7. The lowest BCUT2D eigenvalue weighted by Gasteiger charge is -2.07. The van der Waals surface area contributed by atoms with Crippen LogP contribution in [0, 0.1) is 0 Å². The third-order valence-electron chi connectivity index (χ3n) is 2.77. The second kappa shape index (κ2) is 6.38. The number of nitrogen functional groups attached to an aromatic ring is 1. The van der Waals surface area contributed by atoms with E-state index in [4.69, 9.17) is 5.73 Å². The molecule has 0 unspecified atom stereocenters. The van der Waals surface area contributed by atoms with Crippen molar-refractivity contribution < 1.29 is 4.79 Å². The Labute approximate surface area is 121 Å². The molecule has 3 nitrogen and oxygen atoms in total. The number of hydrogen-bond donors (Lipinski definition) is 2. The first kappa shape index (κ1) is 13.6. The molecule has 2 aromatic carbocycles. The van der Waals surface area contributed by atoms with Gasteiger partial charge in [-0.15, -0.1) is 0 Å². The van der Waals surface area contributed by atoms with E-state index in [9.17, 15) is 4.79 Å². The highest BCUT2D eigenvalue weighted by molar-refractivity contribution is 9.10. The summed E-state index contributed by atoms with van der Waals surface area (Å²) < 4.78 is 0.786. The average Bonchev–Trinajstić information content (AvgIpc) is 2.42. The molecule has 4 heteroatoms. The third kappa shape index (κ3) is 4.10. The highest BCUT2D eigenvalue weighted by Crippen LogP contribution is 2.23. The SMILES string of the molecule is Nc1ccc(NC(=O)CCc2ccccc2)cc1Br. The largest absolute Gasteiger partial charge is 0.398 e. The van der Waals surface area contributed by atoms with Crippen molar-refractivity contribution in [1.82, 2.24) is 0 Å². The molecule has 98 valence electrons. The first-order valence-electron chi connectivity index (χ1n) is 6.04. The lowest BCUT2D eigenvalue weighted by atomic mass is 10.1. The van der Waals surface area contributed by atoms with Gasteiger partial charge >= 0.3 is 0 Å². The van der Waals surface area contributed by atoms with Crippen LogP contribution in [0.2, 0.25) is 0 Å². The Morgan fingerprint density at radius 3 is 2.58 bits per heavy atom. The van der Waals surface area contributed by atoms with E-state index in [2.05, 4.69) is 21.2 Å². The molecule has 0 aliphatic heterocycles. The molecule has 0 aliphatic rings. The van der Waals surface area contributed by atoms with Crippen molar-refractivity contribution in [3.05, 3.63) is 58.6 Å². The average molecular weight is 319 g/mol. The van der Waals surface area contributed by atoms with Crippen LogP contribution in [0.25, 0.3) is 0 Å². The van der Waals surface area contributed by atoms with Crippen molar-refractivity contribution in [1.29, 1.82) is 0 Å². The van der Waals surface area contributed by atoms with Gasteiger partial charge in [-0.2, -0.15) is 0 Å². The topological polar surface area (TPSA) is 55.1 Å². The minimum Gasteiger partial charge on any atom is -0.398 e. The van der Waals surface area contributed by atoms with Crippen molar-refractivity contribution in [2.24, 2.45) is 0 Å². The number of rotatable bonds is 4. The van der Waals surface area contributed by atoms with E-state index in [0.29, 0.717) is 12.1 Å². The molecule has 19 heavy (non-hydrogen) atoms. The Morgan fingerprint density at radius 2 is 1.89 bits per heavy atom. The molecule has 0 spiro atoms. The third-order valence-corrected chi connectivity index (χ3v) is 3.45. The van der Waals surface area contributed by atoms with Gasteiger partial charge in [-0.3, -0.25) is 4.79 Å².